The van der Waals surface area contributed by atoms with Crippen LogP contribution >= 0.6 is 24.0 Å². The van der Waals surface area contributed by atoms with Crippen molar-refractivity contribution in [2.45, 2.75) is 52.1 Å². The Morgan fingerprint density at radius 3 is 2.60 bits per heavy atom. The first-order valence-corrected chi connectivity index (χ1v) is 8.23. The van der Waals surface area contributed by atoms with Gasteiger partial charge in [-0.25, -0.2) is 0 Å². The van der Waals surface area contributed by atoms with Gasteiger partial charge in [-0.2, -0.15) is 0 Å². The van der Waals surface area contributed by atoms with Crippen molar-refractivity contribution in [3.05, 3.63) is 24.3 Å². The third-order valence-corrected chi connectivity index (χ3v) is 3.08. The molecule has 0 radical (unpaired) electrons. The number of ether oxygens (including phenoxy) is 2. The zero-order valence-corrected chi connectivity index (χ0v) is 17.8. The minimum Gasteiger partial charge on any atom is -0.497 e. The van der Waals surface area contributed by atoms with Gasteiger partial charge in [0.15, 0.2) is 5.96 Å². The highest BCUT2D eigenvalue weighted by atomic mass is 127. The van der Waals surface area contributed by atoms with Crippen LogP contribution in [0.25, 0.3) is 0 Å². The van der Waals surface area contributed by atoms with Gasteiger partial charge in [0.1, 0.15) is 11.4 Å². The molecule has 1 aromatic carbocycles. The summed E-state index contributed by atoms with van der Waals surface area (Å²) < 4.78 is 10.4. The molecule has 0 aliphatic rings. The predicted molar refractivity (Wildman–Crippen MR) is 113 cm³/mol. The van der Waals surface area contributed by atoms with Crippen LogP contribution in [0.3, 0.4) is 0 Å². The van der Waals surface area contributed by atoms with E-state index in [0.717, 1.165) is 30.7 Å². The third kappa shape index (κ3) is 11.6. The van der Waals surface area contributed by atoms with E-state index in [1.54, 1.807) is 7.11 Å². The minimum atomic E-state index is -0.415. The second-order valence-corrected chi connectivity index (χ2v) is 6.52. The van der Waals surface area contributed by atoms with Crippen LogP contribution in [0.15, 0.2) is 29.3 Å². The first kappa shape index (κ1) is 23.5. The third-order valence-electron chi connectivity index (χ3n) is 3.08. The van der Waals surface area contributed by atoms with Crippen LogP contribution in [-0.4, -0.2) is 31.2 Å². The smallest absolute Gasteiger partial charge is 0.306 e. The topological polar surface area (TPSA) is 85.9 Å². The number of nitrogens with zero attached hydrogens (tertiary/aromatic N) is 1. The van der Waals surface area contributed by atoms with E-state index >= 15 is 0 Å². The van der Waals surface area contributed by atoms with Gasteiger partial charge in [-0.05, 0) is 45.7 Å². The lowest BCUT2D eigenvalue weighted by atomic mass is 10.1. The van der Waals surface area contributed by atoms with Gasteiger partial charge in [0, 0.05) is 24.7 Å². The fourth-order valence-corrected chi connectivity index (χ4v) is 2.04. The number of anilines is 1. The summed E-state index contributed by atoms with van der Waals surface area (Å²) in [7, 11) is 1.62. The summed E-state index contributed by atoms with van der Waals surface area (Å²) in [5, 5.41) is 3.03. The summed E-state index contributed by atoms with van der Waals surface area (Å²) in [5.74, 6) is 0.982. The van der Waals surface area contributed by atoms with E-state index in [1.165, 1.54) is 0 Å². The summed E-state index contributed by atoms with van der Waals surface area (Å²) in [6.45, 7) is 6.24. The molecule has 0 amide bonds. The zero-order chi connectivity index (χ0) is 18.0. The minimum absolute atomic E-state index is 0. The van der Waals surface area contributed by atoms with Crippen molar-refractivity contribution in [1.29, 1.82) is 0 Å². The predicted octanol–water partition coefficient (Wildman–Crippen LogP) is 3.94. The molecule has 1 rings (SSSR count). The number of carbonyl (C=O) groups is 1. The van der Waals surface area contributed by atoms with Crippen LogP contribution in [0, 0.1) is 0 Å². The molecule has 0 unspecified atom stereocenters. The SMILES string of the molecule is COc1cccc(NC(N)=NCCCCCC(=O)OC(C)(C)C)c1.I. The molecule has 0 atom stereocenters. The van der Waals surface area contributed by atoms with Crippen LogP contribution in [0.5, 0.6) is 5.75 Å². The maximum absolute atomic E-state index is 11.6. The average molecular weight is 463 g/mol. The molecule has 0 spiro atoms. The van der Waals surface area contributed by atoms with Crippen LogP contribution in [0.4, 0.5) is 5.69 Å². The lowest BCUT2D eigenvalue weighted by Crippen LogP contribution is -2.23. The second-order valence-electron chi connectivity index (χ2n) is 6.52. The van der Waals surface area contributed by atoms with Gasteiger partial charge in [-0.1, -0.05) is 12.5 Å². The fourth-order valence-electron chi connectivity index (χ4n) is 2.04. The number of guanidine groups is 1. The first-order valence-electron chi connectivity index (χ1n) is 8.23. The van der Waals surface area contributed by atoms with E-state index in [1.807, 2.05) is 45.0 Å². The van der Waals surface area contributed by atoms with Gasteiger partial charge in [0.05, 0.1) is 7.11 Å². The number of nitrogens with one attached hydrogen (secondary N) is 1. The Kier molecular flexibility index (Phi) is 11.2. The number of rotatable bonds is 8. The van der Waals surface area contributed by atoms with Crippen molar-refractivity contribution in [3.63, 3.8) is 0 Å². The number of methoxy groups -OCH3 is 1. The van der Waals surface area contributed by atoms with Crippen molar-refractivity contribution in [1.82, 2.24) is 0 Å². The van der Waals surface area contributed by atoms with Gasteiger partial charge in [-0.15, -0.1) is 24.0 Å². The number of hydrogen-bond acceptors (Lipinski definition) is 4. The summed E-state index contributed by atoms with van der Waals surface area (Å²) >= 11 is 0. The Morgan fingerprint density at radius 2 is 1.96 bits per heavy atom. The Balaban J connectivity index is 0.00000576. The van der Waals surface area contributed by atoms with Crippen molar-refractivity contribution < 1.29 is 14.3 Å². The number of benzene rings is 1. The lowest BCUT2D eigenvalue weighted by molar-refractivity contribution is -0.154. The Hall–Kier alpha value is -1.51. The van der Waals surface area contributed by atoms with Crippen LogP contribution in [0.2, 0.25) is 0 Å². The molecule has 7 heteroatoms. The maximum atomic E-state index is 11.6. The lowest BCUT2D eigenvalue weighted by Gasteiger charge is -2.19. The summed E-state index contributed by atoms with van der Waals surface area (Å²) in [4.78, 5) is 15.8. The molecule has 0 aliphatic heterocycles. The molecular formula is C18H30IN3O3. The van der Waals surface area contributed by atoms with E-state index in [4.69, 9.17) is 15.2 Å². The molecule has 6 nitrogen and oxygen atoms in total. The first-order chi connectivity index (χ1) is 11.3. The number of aliphatic imine (C=N–C) groups is 1. The van der Waals surface area contributed by atoms with Crippen LogP contribution in [0.1, 0.15) is 46.5 Å². The van der Waals surface area contributed by atoms with Crippen LogP contribution < -0.4 is 15.8 Å². The Morgan fingerprint density at radius 1 is 1.24 bits per heavy atom. The molecule has 142 valence electrons. The van der Waals surface area contributed by atoms with Crippen molar-refractivity contribution in [2.24, 2.45) is 10.7 Å². The summed E-state index contributed by atoms with van der Waals surface area (Å²) in [6, 6.07) is 7.49. The van der Waals surface area contributed by atoms with E-state index in [2.05, 4.69) is 10.3 Å². The highest BCUT2D eigenvalue weighted by molar-refractivity contribution is 14.0. The second kappa shape index (κ2) is 11.9. The average Bonchev–Trinajstić information content (AvgIpc) is 2.49. The summed E-state index contributed by atoms with van der Waals surface area (Å²) in [5.41, 5.74) is 6.27. The van der Waals surface area contributed by atoms with Gasteiger partial charge in [0.2, 0.25) is 0 Å². The highest BCUT2D eigenvalue weighted by Gasteiger charge is 2.15. The monoisotopic (exact) mass is 463 g/mol. The van der Waals surface area contributed by atoms with Crippen molar-refractivity contribution in [3.8, 4) is 5.75 Å². The van der Waals surface area contributed by atoms with E-state index in [0.29, 0.717) is 18.9 Å². The molecule has 0 saturated carbocycles. The van der Waals surface area contributed by atoms with Crippen LogP contribution in [-0.2, 0) is 9.53 Å². The molecule has 0 heterocycles. The number of unbranched alkanes of at least 4 members (excludes halogenated alkanes) is 2. The van der Waals surface area contributed by atoms with Gasteiger partial charge >= 0.3 is 5.97 Å². The fraction of sp³-hybridized carbons (Fsp3) is 0.556. The number of halogens is 1. The normalized spacial score (nSPS) is 11.4. The van der Waals surface area contributed by atoms with E-state index in [-0.39, 0.29) is 29.9 Å². The zero-order valence-electron chi connectivity index (χ0n) is 15.5. The molecule has 0 saturated heterocycles. The molecule has 1 aromatic rings. The molecule has 25 heavy (non-hydrogen) atoms. The Bertz CT molecular complexity index is 557. The van der Waals surface area contributed by atoms with E-state index < -0.39 is 5.60 Å². The number of esters is 1. The maximum Gasteiger partial charge on any atom is 0.306 e. The quantitative estimate of drug-likeness (QED) is 0.201. The molecule has 0 bridgehead atoms. The standard InChI is InChI=1S/C18H29N3O3.HI/c1-18(2,3)24-16(22)11-6-5-7-12-20-17(19)21-14-9-8-10-15(13-14)23-4;/h8-10,13H,5-7,11-12H2,1-4H3,(H3,19,20,21);1H. The largest absolute Gasteiger partial charge is 0.497 e. The van der Waals surface area contributed by atoms with E-state index in [9.17, 15) is 4.79 Å². The molecule has 0 aromatic heterocycles. The molecule has 0 fully saturated rings. The van der Waals surface area contributed by atoms with Crippen molar-refractivity contribution in [2.75, 3.05) is 19.0 Å². The molecule has 0 aliphatic carbocycles. The number of nitrogens with two attached hydrogens (primary N) is 1. The summed E-state index contributed by atoms with van der Waals surface area (Å²) in [6.07, 6.45) is 3.03. The Labute approximate surface area is 167 Å². The van der Waals surface area contributed by atoms with Crippen molar-refractivity contribution >= 4 is 41.6 Å². The highest BCUT2D eigenvalue weighted by Crippen LogP contribution is 2.16. The molecular weight excluding hydrogens is 433 g/mol. The van der Waals surface area contributed by atoms with Gasteiger partial charge < -0.3 is 20.5 Å². The molecule has 3 N–H and O–H groups in total. The number of carbonyl (C=O) groups excluding carboxylic acids is 1. The van der Waals surface area contributed by atoms with Gasteiger partial charge in [0.25, 0.3) is 0 Å². The van der Waals surface area contributed by atoms with Gasteiger partial charge in [-0.3, -0.25) is 9.79 Å². The number of hydrogen-bond donors (Lipinski definition) is 2.